The second-order valence-corrected chi connectivity index (χ2v) is 4.24. The Kier molecular flexibility index (Phi) is 4.57. The van der Waals surface area contributed by atoms with Crippen molar-refractivity contribution in [3.8, 4) is 5.75 Å². The second kappa shape index (κ2) is 5.49. The maximum atomic E-state index is 9.90. The lowest BCUT2D eigenvalue weighted by atomic mass is 10.1. The Balaban J connectivity index is 3.11. The van der Waals surface area contributed by atoms with Crippen LogP contribution in [0.4, 0.5) is 0 Å². The molecule has 0 amide bonds. The molecule has 0 aromatic heterocycles. The van der Waals surface area contributed by atoms with Gasteiger partial charge in [0.05, 0.1) is 17.7 Å². The first-order valence-corrected chi connectivity index (χ1v) is 5.56. The number of benzene rings is 1. The van der Waals surface area contributed by atoms with Gasteiger partial charge in [0, 0.05) is 6.54 Å². The smallest absolute Gasteiger partial charge is 0.133 e. The number of hydrogen-bond donors (Lipinski definition) is 2. The van der Waals surface area contributed by atoms with Crippen LogP contribution in [-0.4, -0.2) is 25.8 Å². The summed E-state index contributed by atoms with van der Waals surface area (Å²) in [7, 11) is 3.43. The number of nitrogens with one attached hydrogen (secondary N) is 1. The maximum absolute atomic E-state index is 9.90. The van der Waals surface area contributed by atoms with Gasteiger partial charge in [-0.1, -0.05) is 6.07 Å². The van der Waals surface area contributed by atoms with Crippen molar-refractivity contribution in [3.05, 3.63) is 27.7 Å². The lowest BCUT2D eigenvalue weighted by Crippen LogP contribution is -2.17. The predicted molar refractivity (Wildman–Crippen MR) is 64.3 cm³/mol. The monoisotopic (exact) mass is 273 g/mol. The van der Waals surface area contributed by atoms with Crippen LogP contribution in [0.3, 0.4) is 0 Å². The molecule has 1 unspecified atom stereocenters. The molecule has 0 radical (unpaired) electrons. The van der Waals surface area contributed by atoms with Crippen molar-refractivity contribution in [3.63, 3.8) is 0 Å². The normalized spacial score (nSPS) is 12.6. The highest BCUT2D eigenvalue weighted by atomic mass is 79.9. The topological polar surface area (TPSA) is 41.5 Å². The fourth-order valence-corrected chi connectivity index (χ4v) is 2.11. The lowest BCUT2D eigenvalue weighted by molar-refractivity contribution is 0.176. The molecule has 0 bridgehead atoms. The van der Waals surface area contributed by atoms with Crippen LogP contribution in [0.5, 0.6) is 5.75 Å². The number of likely N-dealkylation sites (N-methyl/N-ethyl adjacent to an activating group) is 1. The molecule has 84 valence electrons. The molecule has 0 heterocycles. The predicted octanol–water partition coefficient (Wildman–Crippen LogP) is 2.02. The molecule has 15 heavy (non-hydrogen) atoms. The van der Waals surface area contributed by atoms with Crippen LogP contribution in [0.1, 0.15) is 17.2 Å². The standard InChI is InChI=1S/C11H16BrNO2/c1-7-4-8(9(14)6-13-2)11(12)10(5-7)15-3/h4-5,9,13-14H,6H2,1-3H3. The van der Waals surface area contributed by atoms with E-state index in [1.165, 1.54) is 0 Å². The number of aliphatic hydroxyl groups excluding tert-OH is 1. The molecule has 1 aromatic carbocycles. The first-order chi connectivity index (χ1) is 7.10. The van der Waals surface area contributed by atoms with Gasteiger partial charge in [0.1, 0.15) is 5.75 Å². The van der Waals surface area contributed by atoms with Gasteiger partial charge in [0.25, 0.3) is 0 Å². The summed E-state index contributed by atoms with van der Waals surface area (Å²) in [6, 6.07) is 3.88. The lowest BCUT2D eigenvalue weighted by Gasteiger charge is -2.15. The van der Waals surface area contributed by atoms with E-state index in [9.17, 15) is 5.11 Å². The molecule has 0 aliphatic heterocycles. The minimum atomic E-state index is -0.529. The SMILES string of the molecule is CNCC(O)c1cc(C)cc(OC)c1Br. The fourth-order valence-electron chi connectivity index (χ4n) is 1.46. The number of ether oxygens (including phenoxy) is 1. The third kappa shape index (κ3) is 2.93. The molecule has 0 saturated carbocycles. The van der Waals surface area contributed by atoms with E-state index < -0.39 is 6.10 Å². The summed E-state index contributed by atoms with van der Waals surface area (Å²) < 4.78 is 6.03. The third-order valence-electron chi connectivity index (χ3n) is 2.19. The van der Waals surface area contributed by atoms with Gasteiger partial charge in [0.15, 0.2) is 0 Å². The Labute approximate surface area is 98.6 Å². The number of hydrogen-bond acceptors (Lipinski definition) is 3. The first kappa shape index (κ1) is 12.5. The molecule has 3 nitrogen and oxygen atoms in total. The highest BCUT2D eigenvalue weighted by molar-refractivity contribution is 9.10. The Morgan fingerprint density at radius 2 is 2.20 bits per heavy atom. The number of rotatable bonds is 4. The van der Waals surface area contributed by atoms with E-state index in [2.05, 4.69) is 21.2 Å². The molecule has 1 rings (SSSR count). The van der Waals surface area contributed by atoms with E-state index in [4.69, 9.17) is 4.74 Å². The molecule has 4 heteroatoms. The first-order valence-electron chi connectivity index (χ1n) is 4.76. The van der Waals surface area contributed by atoms with E-state index in [-0.39, 0.29) is 0 Å². The van der Waals surface area contributed by atoms with Crippen molar-refractivity contribution < 1.29 is 9.84 Å². The Morgan fingerprint density at radius 1 is 1.53 bits per heavy atom. The molecule has 0 fully saturated rings. The molecule has 1 aromatic rings. The van der Waals surface area contributed by atoms with Gasteiger partial charge in [-0.2, -0.15) is 0 Å². The Hall–Kier alpha value is -0.580. The summed E-state index contributed by atoms with van der Waals surface area (Å²) in [5, 5.41) is 12.8. The summed E-state index contributed by atoms with van der Waals surface area (Å²) in [5.74, 6) is 0.750. The minimum Gasteiger partial charge on any atom is -0.496 e. The van der Waals surface area contributed by atoms with Gasteiger partial charge in [0.2, 0.25) is 0 Å². The summed E-state index contributed by atoms with van der Waals surface area (Å²) in [6.07, 6.45) is -0.529. The average Bonchev–Trinajstić information content (AvgIpc) is 2.21. The van der Waals surface area contributed by atoms with Crippen LogP contribution in [-0.2, 0) is 0 Å². The zero-order valence-corrected chi connectivity index (χ0v) is 10.8. The van der Waals surface area contributed by atoms with Gasteiger partial charge >= 0.3 is 0 Å². The number of halogens is 1. The highest BCUT2D eigenvalue weighted by Gasteiger charge is 2.14. The highest BCUT2D eigenvalue weighted by Crippen LogP contribution is 2.33. The van der Waals surface area contributed by atoms with Gasteiger partial charge < -0.3 is 15.2 Å². The zero-order chi connectivity index (χ0) is 11.4. The number of methoxy groups -OCH3 is 1. The van der Waals surface area contributed by atoms with Crippen molar-refractivity contribution >= 4 is 15.9 Å². The number of aliphatic hydroxyl groups is 1. The minimum absolute atomic E-state index is 0.519. The van der Waals surface area contributed by atoms with Crippen molar-refractivity contribution in [2.75, 3.05) is 20.7 Å². The fraction of sp³-hybridized carbons (Fsp3) is 0.455. The van der Waals surface area contributed by atoms with Crippen LogP contribution < -0.4 is 10.1 Å². The van der Waals surface area contributed by atoms with E-state index in [1.807, 2.05) is 26.1 Å². The molecule has 0 saturated heterocycles. The van der Waals surface area contributed by atoms with E-state index in [0.29, 0.717) is 6.54 Å². The molecule has 0 spiro atoms. The third-order valence-corrected chi connectivity index (χ3v) is 3.04. The molecular formula is C11H16BrNO2. The van der Waals surface area contributed by atoms with Crippen molar-refractivity contribution in [2.24, 2.45) is 0 Å². The largest absolute Gasteiger partial charge is 0.496 e. The summed E-state index contributed by atoms with van der Waals surface area (Å²) >= 11 is 3.43. The van der Waals surface area contributed by atoms with Crippen LogP contribution in [0.15, 0.2) is 16.6 Å². The van der Waals surface area contributed by atoms with E-state index >= 15 is 0 Å². The van der Waals surface area contributed by atoms with Crippen LogP contribution in [0.2, 0.25) is 0 Å². The van der Waals surface area contributed by atoms with Crippen molar-refractivity contribution in [2.45, 2.75) is 13.0 Å². The Morgan fingerprint density at radius 3 is 2.73 bits per heavy atom. The van der Waals surface area contributed by atoms with Crippen LogP contribution in [0.25, 0.3) is 0 Å². The number of aryl methyl sites for hydroxylation is 1. The van der Waals surface area contributed by atoms with E-state index in [0.717, 1.165) is 21.3 Å². The molecule has 0 aliphatic carbocycles. The van der Waals surface area contributed by atoms with Crippen LogP contribution in [0, 0.1) is 6.92 Å². The quantitative estimate of drug-likeness (QED) is 0.882. The van der Waals surface area contributed by atoms with Gasteiger partial charge in [-0.15, -0.1) is 0 Å². The molecular weight excluding hydrogens is 258 g/mol. The summed E-state index contributed by atoms with van der Waals surface area (Å²) in [4.78, 5) is 0. The summed E-state index contributed by atoms with van der Waals surface area (Å²) in [5.41, 5.74) is 1.92. The molecule has 2 N–H and O–H groups in total. The van der Waals surface area contributed by atoms with Gasteiger partial charge in [-0.25, -0.2) is 0 Å². The Bertz CT molecular complexity index is 342. The van der Waals surface area contributed by atoms with Gasteiger partial charge in [-0.3, -0.25) is 0 Å². The van der Waals surface area contributed by atoms with Crippen LogP contribution >= 0.6 is 15.9 Å². The average molecular weight is 274 g/mol. The van der Waals surface area contributed by atoms with Gasteiger partial charge in [-0.05, 0) is 47.1 Å². The molecule has 1 atom stereocenters. The zero-order valence-electron chi connectivity index (χ0n) is 9.17. The second-order valence-electron chi connectivity index (χ2n) is 3.44. The van der Waals surface area contributed by atoms with E-state index in [1.54, 1.807) is 7.11 Å². The molecule has 0 aliphatic rings. The van der Waals surface area contributed by atoms with Crippen molar-refractivity contribution in [1.29, 1.82) is 0 Å². The van der Waals surface area contributed by atoms with Crippen molar-refractivity contribution in [1.82, 2.24) is 5.32 Å². The maximum Gasteiger partial charge on any atom is 0.133 e. The summed E-state index contributed by atoms with van der Waals surface area (Å²) in [6.45, 7) is 2.50.